The van der Waals surface area contributed by atoms with E-state index in [1.807, 2.05) is 20.8 Å². The molecule has 1 N–H and O–H groups in total. The highest BCUT2D eigenvalue weighted by Gasteiger charge is 2.23. The fourth-order valence-electron chi connectivity index (χ4n) is 3.47. The van der Waals surface area contributed by atoms with Crippen molar-refractivity contribution in [2.45, 2.75) is 75.4 Å². The molecule has 1 aromatic carbocycles. The van der Waals surface area contributed by atoms with Crippen molar-refractivity contribution < 1.29 is 4.79 Å². The second-order valence-corrected chi connectivity index (χ2v) is 9.17. The molecule has 2 aromatic rings. The molecule has 1 amide bonds. The highest BCUT2D eigenvalue weighted by atomic mass is 35.5. The lowest BCUT2D eigenvalue weighted by atomic mass is 9.95. The van der Waals surface area contributed by atoms with Crippen LogP contribution in [-0.2, 0) is 4.79 Å². The monoisotopic (exact) mass is 407 g/mol. The molecular formula is C20H26ClN3O2S. The first-order valence-electron chi connectivity index (χ1n) is 9.55. The molecule has 1 saturated carbocycles. The van der Waals surface area contributed by atoms with Crippen LogP contribution < -0.4 is 10.9 Å². The summed E-state index contributed by atoms with van der Waals surface area (Å²) in [5.74, 6) is 0.00245. The number of benzene rings is 1. The Bertz CT molecular complexity index is 891. The molecule has 1 heterocycles. The second-order valence-electron chi connectivity index (χ2n) is 7.43. The summed E-state index contributed by atoms with van der Waals surface area (Å²) in [5.41, 5.74) is 0.459. The van der Waals surface area contributed by atoms with Crippen LogP contribution in [0.1, 0.15) is 58.9 Å². The van der Waals surface area contributed by atoms with Gasteiger partial charge in [-0.15, -0.1) is 0 Å². The fraction of sp³-hybridized carbons (Fsp3) is 0.550. The largest absolute Gasteiger partial charge is 0.352 e. The van der Waals surface area contributed by atoms with Gasteiger partial charge in [-0.1, -0.05) is 42.6 Å². The van der Waals surface area contributed by atoms with Crippen LogP contribution in [0.15, 0.2) is 28.2 Å². The van der Waals surface area contributed by atoms with Crippen LogP contribution in [-0.4, -0.2) is 26.8 Å². The van der Waals surface area contributed by atoms with Gasteiger partial charge in [0, 0.05) is 17.1 Å². The first-order chi connectivity index (χ1) is 12.9. The molecule has 3 rings (SSSR count). The van der Waals surface area contributed by atoms with E-state index in [0.29, 0.717) is 21.1 Å². The molecule has 1 aromatic heterocycles. The van der Waals surface area contributed by atoms with Gasteiger partial charge in [-0.25, -0.2) is 4.98 Å². The van der Waals surface area contributed by atoms with Crippen molar-refractivity contribution in [2.75, 3.05) is 0 Å². The molecule has 1 atom stereocenters. The van der Waals surface area contributed by atoms with Gasteiger partial charge in [0.1, 0.15) is 0 Å². The number of halogens is 1. The molecule has 0 saturated heterocycles. The normalized spacial score (nSPS) is 16.6. The number of carbonyl (C=O) groups excluding carboxylic acids is 1. The standard InChI is InChI=1S/C20H26ClN3O2S/c1-12(2)24-19(26)16-10-9-14(21)11-17(16)23-20(24)27-13(3)18(25)22-15-7-5-4-6-8-15/h9-13,15H,4-8H2,1-3H3,(H,22,25)/t13-/m1/s1. The van der Waals surface area contributed by atoms with Crippen LogP contribution in [0.25, 0.3) is 10.9 Å². The lowest BCUT2D eigenvalue weighted by Gasteiger charge is -2.24. The summed E-state index contributed by atoms with van der Waals surface area (Å²) in [5, 5.41) is 4.45. The number of fused-ring (bicyclic) bond motifs is 1. The van der Waals surface area contributed by atoms with Gasteiger partial charge < -0.3 is 5.32 Å². The zero-order valence-electron chi connectivity index (χ0n) is 16.0. The number of nitrogens with zero attached hydrogens (tertiary/aromatic N) is 2. The summed E-state index contributed by atoms with van der Waals surface area (Å²) in [6, 6.07) is 5.32. The Morgan fingerprint density at radius 3 is 2.63 bits per heavy atom. The Hall–Kier alpha value is -1.53. The van der Waals surface area contributed by atoms with E-state index in [4.69, 9.17) is 11.6 Å². The third-order valence-electron chi connectivity index (χ3n) is 4.95. The van der Waals surface area contributed by atoms with Crippen LogP contribution in [0.5, 0.6) is 0 Å². The minimum atomic E-state index is -0.333. The molecule has 1 fully saturated rings. The minimum absolute atomic E-state index is 0.00245. The van der Waals surface area contributed by atoms with Gasteiger partial charge >= 0.3 is 0 Å². The number of amides is 1. The summed E-state index contributed by atoms with van der Waals surface area (Å²) in [4.78, 5) is 30.2. The SMILES string of the molecule is CC(C)n1c(S[C@H](C)C(=O)NC2CCCCC2)nc2cc(Cl)ccc2c1=O. The van der Waals surface area contributed by atoms with Gasteiger partial charge in [-0.2, -0.15) is 0 Å². The molecule has 7 heteroatoms. The van der Waals surface area contributed by atoms with Gasteiger partial charge in [-0.05, 0) is 51.8 Å². The number of aromatic nitrogens is 2. The first-order valence-corrected chi connectivity index (χ1v) is 10.8. The minimum Gasteiger partial charge on any atom is -0.352 e. The van der Waals surface area contributed by atoms with Crippen LogP contribution >= 0.6 is 23.4 Å². The Morgan fingerprint density at radius 2 is 1.96 bits per heavy atom. The van der Waals surface area contributed by atoms with Gasteiger partial charge in [0.05, 0.1) is 16.2 Å². The molecule has 146 valence electrons. The Labute approximate surface area is 168 Å². The third-order valence-corrected chi connectivity index (χ3v) is 6.25. The van der Waals surface area contributed by atoms with E-state index in [1.54, 1.807) is 22.8 Å². The molecule has 0 spiro atoms. The van der Waals surface area contributed by atoms with Crippen molar-refractivity contribution in [3.63, 3.8) is 0 Å². The topological polar surface area (TPSA) is 64.0 Å². The molecule has 0 radical (unpaired) electrons. The number of rotatable bonds is 5. The zero-order chi connectivity index (χ0) is 19.6. The third kappa shape index (κ3) is 4.66. The molecule has 0 bridgehead atoms. The highest BCUT2D eigenvalue weighted by Crippen LogP contribution is 2.26. The van der Waals surface area contributed by atoms with E-state index in [2.05, 4.69) is 10.3 Å². The van der Waals surface area contributed by atoms with Crippen LogP contribution in [0.2, 0.25) is 5.02 Å². The van der Waals surface area contributed by atoms with Gasteiger partial charge in [-0.3, -0.25) is 14.2 Å². The van der Waals surface area contributed by atoms with Crippen LogP contribution in [0.4, 0.5) is 0 Å². The summed E-state index contributed by atoms with van der Waals surface area (Å²) in [7, 11) is 0. The van der Waals surface area contributed by atoms with Crippen LogP contribution in [0.3, 0.4) is 0 Å². The molecule has 0 aliphatic heterocycles. The smallest absolute Gasteiger partial charge is 0.262 e. The van der Waals surface area contributed by atoms with Gasteiger partial charge in [0.25, 0.3) is 5.56 Å². The predicted octanol–water partition coefficient (Wildman–Crippen LogP) is 4.56. The number of thioether (sulfide) groups is 1. The second kappa shape index (κ2) is 8.65. The first kappa shape index (κ1) is 20.2. The van der Waals surface area contributed by atoms with Crippen molar-refractivity contribution in [2.24, 2.45) is 0 Å². The summed E-state index contributed by atoms with van der Waals surface area (Å²) in [6.45, 7) is 5.76. The van der Waals surface area contributed by atoms with Crippen molar-refractivity contribution in [3.05, 3.63) is 33.6 Å². The number of carbonyl (C=O) groups is 1. The maximum Gasteiger partial charge on any atom is 0.262 e. The average molecular weight is 408 g/mol. The quantitative estimate of drug-likeness (QED) is 0.582. The van der Waals surface area contributed by atoms with E-state index in [-0.39, 0.29) is 28.8 Å². The fourth-order valence-corrected chi connectivity index (χ4v) is 4.68. The Kier molecular flexibility index (Phi) is 6.48. The van der Waals surface area contributed by atoms with E-state index < -0.39 is 0 Å². The van der Waals surface area contributed by atoms with Gasteiger partial charge in [0.2, 0.25) is 5.91 Å². The molecule has 1 aliphatic rings. The number of hydrogen-bond donors (Lipinski definition) is 1. The maximum atomic E-state index is 12.9. The molecule has 0 unspecified atom stereocenters. The van der Waals surface area contributed by atoms with E-state index in [9.17, 15) is 9.59 Å². The molecule has 1 aliphatic carbocycles. The summed E-state index contributed by atoms with van der Waals surface area (Å²) in [6.07, 6.45) is 5.69. The lowest BCUT2D eigenvalue weighted by Crippen LogP contribution is -2.40. The Balaban J connectivity index is 1.87. The van der Waals surface area contributed by atoms with Crippen molar-refractivity contribution in [1.29, 1.82) is 0 Å². The summed E-state index contributed by atoms with van der Waals surface area (Å²) < 4.78 is 1.66. The van der Waals surface area contributed by atoms with E-state index in [0.717, 1.165) is 12.8 Å². The van der Waals surface area contributed by atoms with Crippen molar-refractivity contribution in [3.8, 4) is 0 Å². The molecule has 27 heavy (non-hydrogen) atoms. The summed E-state index contributed by atoms with van der Waals surface area (Å²) >= 11 is 7.40. The number of nitrogens with one attached hydrogen (secondary N) is 1. The van der Waals surface area contributed by atoms with Crippen LogP contribution in [0, 0.1) is 0 Å². The van der Waals surface area contributed by atoms with Crippen molar-refractivity contribution in [1.82, 2.24) is 14.9 Å². The predicted molar refractivity (Wildman–Crippen MR) is 112 cm³/mol. The number of hydrogen-bond acceptors (Lipinski definition) is 4. The Morgan fingerprint density at radius 1 is 1.26 bits per heavy atom. The van der Waals surface area contributed by atoms with E-state index in [1.165, 1.54) is 31.0 Å². The van der Waals surface area contributed by atoms with Gasteiger partial charge in [0.15, 0.2) is 5.16 Å². The maximum absolute atomic E-state index is 12.9. The van der Waals surface area contributed by atoms with E-state index >= 15 is 0 Å². The van der Waals surface area contributed by atoms with Crippen molar-refractivity contribution >= 4 is 40.2 Å². The zero-order valence-corrected chi connectivity index (χ0v) is 17.6. The average Bonchev–Trinajstić information content (AvgIpc) is 2.61. The molecule has 5 nitrogen and oxygen atoms in total. The molecular weight excluding hydrogens is 382 g/mol. The lowest BCUT2D eigenvalue weighted by molar-refractivity contribution is -0.121. The highest BCUT2D eigenvalue weighted by molar-refractivity contribution is 8.00.